The van der Waals surface area contributed by atoms with Crippen molar-refractivity contribution in [1.29, 1.82) is 0 Å². The normalized spacial score (nSPS) is 22.5. The van der Waals surface area contributed by atoms with Gasteiger partial charge in [-0.15, -0.1) is 0 Å². The zero-order chi connectivity index (χ0) is 17.6. The van der Waals surface area contributed by atoms with Crippen LogP contribution in [-0.4, -0.2) is 44.6 Å². The molecule has 0 bridgehead atoms. The van der Waals surface area contributed by atoms with Crippen LogP contribution in [-0.2, 0) is 14.8 Å². The number of nitrogens with zero attached hydrogens (tertiary/aromatic N) is 1. The zero-order valence-corrected chi connectivity index (χ0v) is 15.8. The highest BCUT2D eigenvalue weighted by Crippen LogP contribution is 2.22. The van der Waals surface area contributed by atoms with Gasteiger partial charge in [0.2, 0.25) is 10.0 Å². The molecule has 1 aromatic carbocycles. The Hall–Kier alpha value is -1.11. The van der Waals surface area contributed by atoms with E-state index >= 15 is 0 Å². The number of unbranched alkanes of at least 4 members (excludes halogenated alkanes) is 3. The lowest BCUT2D eigenvalue weighted by Gasteiger charge is -2.34. The lowest BCUT2D eigenvalue weighted by atomic mass is 10.2. The Balaban J connectivity index is 1.96. The summed E-state index contributed by atoms with van der Waals surface area (Å²) in [5.74, 6) is 0. The molecular formula is C18H30N2O3S. The Kier molecular flexibility index (Phi) is 7.07. The first-order valence-corrected chi connectivity index (χ1v) is 10.4. The third kappa shape index (κ3) is 5.19. The van der Waals surface area contributed by atoms with Crippen LogP contribution in [0.1, 0.15) is 46.5 Å². The second-order valence-electron chi connectivity index (χ2n) is 6.59. The molecule has 1 aromatic rings. The highest BCUT2D eigenvalue weighted by molar-refractivity contribution is 7.89. The predicted molar refractivity (Wildman–Crippen MR) is 97.8 cm³/mol. The van der Waals surface area contributed by atoms with E-state index in [1.807, 2.05) is 26.0 Å². The molecule has 5 nitrogen and oxygen atoms in total. The molecule has 2 unspecified atom stereocenters. The standard InChI is InChI=1S/C18H30N2O3S/c1-4-5-6-7-12-19-17-8-10-18(11-9-17)24(21,22)20-13-15(2)23-16(3)14-20/h8-11,15-16,19H,4-7,12-14H2,1-3H3. The summed E-state index contributed by atoms with van der Waals surface area (Å²) in [6.45, 7) is 7.74. The van der Waals surface area contributed by atoms with Crippen molar-refractivity contribution in [3.8, 4) is 0 Å². The summed E-state index contributed by atoms with van der Waals surface area (Å²) < 4.78 is 32.7. The number of benzene rings is 1. The van der Waals surface area contributed by atoms with Crippen LogP contribution in [0.25, 0.3) is 0 Å². The third-order valence-electron chi connectivity index (χ3n) is 4.24. The molecule has 1 aliphatic heterocycles. The number of ether oxygens (including phenoxy) is 1. The maximum absolute atomic E-state index is 12.8. The van der Waals surface area contributed by atoms with E-state index in [0.29, 0.717) is 18.0 Å². The molecule has 1 aliphatic rings. The van der Waals surface area contributed by atoms with Gasteiger partial charge in [0.1, 0.15) is 0 Å². The van der Waals surface area contributed by atoms with Crippen molar-refractivity contribution in [2.75, 3.05) is 25.0 Å². The van der Waals surface area contributed by atoms with E-state index in [9.17, 15) is 8.42 Å². The highest BCUT2D eigenvalue weighted by Gasteiger charge is 2.32. The Morgan fingerprint density at radius 3 is 2.29 bits per heavy atom. The van der Waals surface area contributed by atoms with Gasteiger partial charge in [-0.3, -0.25) is 0 Å². The molecule has 24 heavy (non-hydrogen) atoms. The van der Waals surface area contributed by atoms with Gasteiger partial charge in [0, 0.05) is 25.3 Å². The van der Waals surface area contributed by atoms with Crippen molar-refractivity contribution >= 4 is 15.7 Å². The van der Waals surface area contributed by atoms with Crippen LogP contribution >= 0.6 is 0 Å². The summed E-state index contributed by atoms with van der Waals surface area (Å²) in [7, 11) is -3.45. The SMILES string of the molecule is CCCCCCNc1ccc(S(=O)(=O)N2CC(C)OC(C)C2)cc1. The van der Waals surface area contributed by atoms with Crippen molar-refractivity contribution in [3.63, 3.8) is 0 Å². The van der Waals surface area contributed by atoms with Crippen LogP contribution in [0.2, 0.25) is 0 Å². The van der Waals surface area contributed by atoms with E-state index < -0.39 is 10.0 Å². The molecule has 1 N–H and O–H groups in total. The quantitative estimate of drug-likeness (QED) is 0.726. The van der Waals surface area contributed by atoms with E-state index in [2.05, 4.69) is 12.2 Å². The fourth-order valence-corrected chi connectivity index (χ4v) is 4.60. The fraction of sp³-hybridized carbons (Fsp3) is 0.667. The largest absolute Gasteiger partial charge is 0.385 e. The van der Waals surface area contributed by atoms with E-state index in [0.717, 1.165) is 18.7 Å². The minimum Gasteiger partial charge on any atom is -0.385 e. The molecule has 0 saturated carbocycles. The van der Waals surface area contributed by atoms with Crippen molar-refractivity contribution in [2.45, 2.75) is 63.6 Å². The smallest absolute Gasteiger partial charge is 0.243 e. The van der Waals surface area contributed by atoms with Crippen LogP contribution in [0, 0.1) is 0 Å². The summed E-state index contributed by atoms with van der Waals surface area (Å²) in [4.78, 5) is 0.348. The number of hydrogen-bond donors (Lipinski definition) is 1. The molecule has 2 rings (SSSR count). The van der Waals surface area contributed by atoms with E-state index in [4.69, 9.17) is 4.74 Å². The van der Waals surface area contributed by atoms with E-state index in [-0.39, 0.29) is 12.2 Å². The van der Waals surface area contributed by atoms with Crippen LogP contribution in [0.15, 0.2) is 29.2 Å². The zero-order valence-electron chi connectivity index (χ0n) is 15.0. The number of nitrogens with one attached hydrogen (secondary N) is 1. The van der Waals surface area contributed by atoms with Crippen LogP contribution in [0.3, 0.4) is 0 Å². The van der Waals surface area contributed by atoms with Gasteiger partial charge in [0.15, 0.2) is 0 Å². The first kappa shape index (κ1) is 19.2. The summed E-state index contributed by atoms with van der Waals surface area (Å²) in [5, 5.41) is 3.35. The fourth-order valence-electron chi connectivity index (χ4n) is 3.01. The highest BCUT2D eigenvalue weighted by atomic mass is 32.2. The van der Waals surface area contributed by atoms with Gasteiger partial charge in [-0.25, -0.2) is 8.42 Å². The van der Waals surface area contributed by atoms with Crippen LogP contribution in [0.5, 0.6) is 0 Å². The van der Waals surface area contributed by atoms with Crippen LogP contribution < -0.4 is 5.32 Å². The maximum atomic E-state index is 12.8. The molecular weight excluding hydrogens is 324 g/mol. The lowest BCUT2D eigenvalue weighted by molar-refractivity contribution is -0.0440. The summed E-state index contributed by atoms with van der Waals surface area (Å²) in [6, 6.07) is 7.07. The summed E-state index contributed by atoms with van der Waals surface area (Å²) in [5.41, 5.74) is 0.967. The second kappa shape index (κ2) is 8.83. The number of morpholine rings is 1. The maximum Gasteiger partial charge on any atom is 0.243 e. The second-order valence-corrected chi connectivity index (χ2v) is 8.53. The molecule has 1 heterocycles. The molecule has 0 radical (unpaired) electrons. The molecule has 0 aromatic heterocycles. The topological polar surface area (TPSA) is 58.6 Å². The first-order valence-electron chi connectivity index (χ1n) is 8.93. The molecule has 136 valence electrons. The number of rotatable bonds is 8. The lowest BCUT2D eigenvalue weighted by Crippen LogP contribution is -2.48. The van der Waals surface area contributed by atoms with Crippen LogP contribution in [0.4, 0.5) is 5.69 Å². The van der Waals surface area contributed by atoms with Gasteiger partial charge >= 0.3 is 0 Å². The number of sulfonamides is 1. The molecule has 1 fully saturated rings. The van der Waals surface area contributed by atoms with Crippen molar-refractivity contribution in [3.05, 3.63) is 24.3 Å². The first-order chi connectivity index (χ1) is 11.4. The Bertz CT molecular complexity index is 591. The summed E-state index contributed by atoms with van der Waals surface area (Å²) >= 11 is 0. The molecule has 0 aliphatic carbocycles. The number of hydrogen-bond acceptors (Lipinski definition) is 4. The minimum absolute atomic E-state index is 0.0763. The van der Waals surface area contributed by atoms with Gasteiger partial charge in [-0.1, -0.05) is 26.2 Å². The van der Waals surface area contributed by atoms with Gasteiger partial charge in [0.25, 0.3) is 0 Å². The van der Waals surface area contributed by atoms with Crippen molar-refractivity contribution < 1.29 is 13.2 Å². The van der Waals surface area contributed by atoms with E-state index in [1.165, 1.54) is 23.6 Å². The molecule has 2 atom stereocenters. The Morgan fingerprint density at radius 2 is 1.71 bits per heavy atom. The Morgan fingerprint density at radius 1 is 1.08 bits per heavy atom. The van der Waals surface area contributed by atoms with Crippen molar-refractivity contribution in [1.82, 2.24) is 4.31 Å². The monoisotopic (exact) mass is 354 g/mol. The average Bonchev–Trinajstić information content (AvgIpc) is 2.54. The molecule has 1 saturated heterocycles. The number of anilines is 1. The average molecular weight is 355 g/mol. The Labute approximate surface area is 146 Å². The van der Waals surface area contributed by atoms with Gasteiger partial charge in [0.05, 0.1) is 17.1 Å². The minimum atomic E-state index is -3.45. The molecule has 6 heteroatoms. The van der Waals surface area contributed by atoms with Gasteiger partial charge in [-0.2, -0.15) is 4.31 Å². The molecule has 0 spiro atoms. The summed E-state index contributed by atoms with van der Waals surface area (Å²) in [6.07, 6.45) is 4.70. The van der Waals surface area contributed by atoms with Crippen molar-refractivity contribution in [2.24, 2.45) is 0 Å². The van der Waals surface area contributed by atoms with Gasteiger partial charge < -0.3 is 10.1 Å². The third-order valence-corrected chi connectivity index (χ3v) is 6.08. The predicted octanol–water partition coefficient (Wildman–Crippen LogP) is 3.48. The molecule has 0 amide bonds. The van der Waals surface area contributed by atoms with E-state index in [1.54, 1.807) is 12.1 Å². The van der Waals surface area contributed by atoms with Gasteiger partial charge in [-0.05, 0) is 44.5 Å².